The Morgan fingerprint density at radius 3 is 2.53 bits per heavy atom. The predicted molar refractivity (Wildman–Crippen MR) is 74.5 cm³/mol. The summed E-state index contributed by atoms with van der Waals surface area (Å²) in [6.07, 6.45) is 0.656. The van der Waals surface area contributed by atoms with Gasteiger partial charge in [0.05, 0.1) is 10.7 Å². The van der Waals surface area contributed by atoms with Gasteiger partial charge in [-0.25, -0.2) is 9.59 Å². The van der Waals surface area contributed by atoms with Crippen LogP contribution in [0.25, 0.3) is 0 Å². The second-order valence-corrected chi connectivity index (χ2v) is 4.69. The zero-order chi connectivity index (χ0) is 14.4. The van der Waals surface area contributed by atoms with E-state index in [9.17, 15) is 9.59 Å². The van der Waals surface area contributed by atoms with Gasteiger partial charge in [-0.3, -0.25) is 0 Å². The van der Waals surface area contributed by atoms with E-state index in [0.717, 1.165) is 0 Å². The van der Waals surface area contributed by atoms with Gasteiger partial charge in [-0.1, -0.05) is 44.0 Å². The zero-order valence-electron chi connectivity index (χ0n) is 10.8. The number of halogens is 1. The molecule has 0 saturated carbocycles. The van der Waals surface area contributed by atoms with Gasteiger partial charge in [0.2, 0.25) is 0 Å². The highest BCUT2D eigenvalue weighted by Crippen LogP contribution is 2.20. The number of carbonyl (C=O) groups excluding carboxylic acids is 1. The Balaban J connectivity index is 2.68. The first-order chi connectivity index (χ1) is 8.95. The van der Waals surface area contributed by atoms with Gasteiger partial charge in [0.25, 0.3) is 0 Å². The van der Waals surface area contributed by atoms with Gasteiger partial charge in [0.15, 0.2) is 0 Å². The molecule has 0 spiro atoms. The maximum absolute atomic E-state index is 11.8. The number of rotatable bonds is 5. The highest BCUT2D eigenvalue weighted by molar-refractivity contribution is 6.33. The molecule has 0 aliphatic heterocycles. The van der Waals surface area contributed by atoms with Crippen LogP contribution in [0, 0.1) is 5.92 Å². The molecule has 104 valence electrons. The van der Waals surface area contributed by atoms with E-state index in [1.54, 1.807) is 31.2 Å². The third-order valence-electron chi connectivity index (χ3n) is 2.89. The maximum Gasteiger partial charge on any atom is 0.326 e. The molecule has 0 unspecified atom stereocenters. The maximum atomic E-state index is 11.8. The monoisotopic (exact) mass is 284 g/mol. The minimum absolute atomic E-state index is 0.158. The van der Waals surface area contributed by atoms with Crippen LogP contribution in [0.3, 0.4) is 0 Å². The molecule has 0 saturated heterocycles. The summed E-state index contributed by atoms with van der Waals surface area (Å²) in [7, 11) is 0. The standard InChI is InChI=1S/C13H17ClN2O3/c1-3-8(2)11(12(17)18)16-13(19)15-10-7-5-4-6-9(10)14/h4-8,11H,3H2,1-2H3,(H,17,18)(H2,15,16,19)/t8-,11+/m0/s1. The number of hydrogen-bond acceptors (Lipinski definition) is 2. The van der Waals surface area contributed by atoms with Gasteiger partial charge >= 0.3 is 12.0 Å². The highest BCUT2D eigenvalue weighted by Gasteiger charge is 2.25. The summed E-state index contributed by atoms with van der Waals surface area (Å²) in [4.78, 5) is 22.8. The van der Waals surface area contributed by atoms with E-state index >= 15 is 0 Å². The van der Waals surface area contributed by atoms with Gasteiger partial charge < -0.3 is 15.7 Å². The molecule has 0 radical (unpaired) electrons. The molecule has 0 fully saturated rings. The van der Waals surface area contributed by atoms with E-state index in [2.05, 4.69) is 10.6 Å². The predicted octanol–water partition coefficient (Wildman–Crippen LogP) is 2.96. The van der Waals surface area contributed by atoms with Crippen LogP contribution >= 0.6 is 11.6 Å². The quantitative estimate of drug-likeness (QED) is 0.778. The van der Waals surface area contributed by atoms with Crippen molar-refractivity contribution in [2.45, 2.75) is 26.3 Å². The van der Waals surface area contributed by atoms with Crippen LogP contribution in [-0.2, 0) is 4.79 Å². The summed E-state index contributed by atoms with van der Waals surface area (Å²) in [5, 5.41) is 14.4. The SMILES string of the molecule is CC[C@H](C)[C@@H](NC(=O)Nc1ccccc1Cl)C(=O)O. The Labute approximate surface area is 117 Å². The van der Waals surface area contributed by atoms with Crippen molar-refractivity contribution in [3.05, 3.63) is 29.3 Å². The number of aliphatic carboxylic acids is 1. The number of anilines is 1. The molecule has 0 aliphatic carbocycles. The fourth-order valence-electron chi connectivity index (χ4n) is 1.55. The van der Waals surface area contributed by atoms with E-state index in [0.29, 0.717) is 17.1 Å². The lowest BCUT2D eigenvalue weighted by molar-refractivity contribution is -0.140. The number of urea groups is 1. The van der Waals surface area contributed by atoms with Gasteiger partial charge in [-0.15, -0.1) is 0 Å². The average molecular weight is 285 g/mol. The normalized spacial score (nSPS) is 13.4. The number of carboxylic acids is 1. The van der Waals surface area contributed by atoms with Crippen molar-refractivity contribution in [2.24, 2.45) is 5.92 Å². The largest absolute Gasteiger partial charge is 0.480 e. The first-order valence-corrected chi connectivity index (χ1v) is 6.38. The number of nitrogens with one attached hydrogen (secondary N) is 2. The molecular formula is C13H17ClN2O3. The Kier molecular flexibility index (Phi) is 5.63. The van der Waals surface area contributed by atoms with E-state index in [4.69, 9.17) is 16.7 Å². The number of para-hydroxylation sites is 1. The van der Waals surface area contributed by atoms with E-state index in [1.807, 2.05) is 6.92 Å². The smallest absolute Gasteiger partial charge is 0.326 e. The Hall–Kier alpha value is -1.75. The summed E-state index contributed by atoms with van der Waals surface area (Å²) < 4.78 is 0. The molecule has 6 heteroatoms. The topological polar surface area (TPSA) is 78.4 Å². The van der Waals surface area contributed by atoms with Crippen LogP contribution in [0.15, 0.2) is 24.3 Å². The molecule has 5 nitrogen and oxygen atoms in total. The van der Waals surface area contributed by atoms with Gasteiger partial charge in [-0.2, -0.15) is 0 Å². The van der Waals surface area contributed by atoms with Crippen molar-refractivity contribution >= 4 is 29.3 Å². The Bertz CT molecular complexity index is 465. The van der Waals surface area contributed by atoms with E-state index < -0.39 is 18.0 Å². The lowest BCUT2D eigenvalue weighted by Gasteiger charge is -2.20. The van der Waals surface area contributed by atoms with Crippen LogP contribution in [0.5, 0.6) is 0 Å². The number of carbonyl (C=O) groups is 2. The minimum Gasteiger partial charge on any atom is -0.480 e. The lowest BCUT2D eigenvalue weighted by atomic mass is 9.99. The molecule has 0 heterocycles. The molecule has 2 amide bonds. The molecule has 2 atom stereocenters. The second-order valence-electron chi connectivity index (χ2n) is 4.28. The Morgan fingerprint density at radius 1 is 1.37 bits per heavy atom. The molecule has 1 aromatic rings. The Morgan fingerprint density at radius 2 is 2.00 bits per heavy atom. The van der Waals surface area contributed by atoms with Crippen LogP contribution in [0.2, 0.25) is 5.02 Å². The van der Waals surface area contributed by atoms with Crippen molar-refractivity contribution in [1.29, 1.82) is 0 Å². The number of hydrogen-bond donors (Lipinski definition) is 3. The van der Waals surface area contributed by atoms with Gasteiger partial charge in [-0.05, 0) is 18.1 Å². The molecule has 1 aromatic carbocycles. The summed E-state index contributed by atoms with van der Waals surface area (Å²) in [5.41, 5.74) is 0.440. The third kappa shape index (κ3) is 4.44. The van der Waals surface area contributed by atoms with Gasteiger partial charge in [0.1, 0.15) is 6.04 Å². The molecule has 19 heavy (non-hydrogen) atoms. The van der Waals surface area contributed by atoms with Crippen molar-refractivity contribution in [1.82, 2.24) is 5.32 Å². The van der Waals surface area contributed by atoms with Crippen molar-refractivity contribution in [3.63, 3.8) is 0 Å². The molecule has 3 N–H and O–H groups in total. The zero-order valence-corrected chi connectivity index (χ0v) is 11.6. The van der Waals surface area contributed by atoms with Crippen molar-refractivity contribution < 1.29 is 14.7 Å². The number of carboxylic acid groups (broad SMARTS) is 1. The van der Waals surface area contributed by atoms with Crippen LogP contribution in [0.4, 0.5) is 10.5 Å². The average Bonchev–Trinajstić information content (AvgIpc) is 2.37. The lowest BCUT2D eigenvalue weighted by Crippen LogP contribution is -2.46. The minimum atomic E-state index is -1.05. The molecule has 1 rings (SSSR count). The molecule has 0 bridgehead atoms. The van der Waals surface area contributed by atoms with E-state index in [-0.39, 0.29) is 5.92 Å². The number of benzene rings is 1. The summed E-state index contributed by atoms with van der Waals surface area (Å²) in [6.45, 7) is 3.64. The summed E-state index contributed by atoms with van der Waals surface area (Å²) in [5.74, 6) is -1.21. The summed E-state index contributed by atoms with van der Waals surface area (Å²) >= 11 is 5.90. The molecular weight excluding hydrogens is 268 g/mol. The fraction of sp³-hybridized carbons (Fsp3) is 0.385. The van der Waals surface area contributed by atoms with Gasteiger partial charge in [0, 0.05) is 0 Å². The van der Waals surface area contributed by atoms with Crippen LogP contribution in [-0.4, -0.2) is 23.1 Å². The van der Waals surface area contributed by atoms with Crippen LogP contribution < -0.4 is 10.6 Å². The van der Waals surface area contributed by atoms with Crippen LogP contribution in [0.1, 0.15) is 20.3 Å². The third-order valence-corrected chi connectivity index (χ3v) is 3.22. The van der Waals surface area contributed by atoms with E-state index in [1.165, 1.54) is 0 Å². The fourth-order valence-corrected chi connectivity index (χ4v) is 1.73. The summed E-state index contributed by atoms with van der Waals surface area (Å²) in [6, 6.07) is 5.24. The van der Waals surface area contributed by atoms with Crippen molar-refractivity contribution in [2.75, 3.05) is 5.32 Å². The highest BCUT2D eigenvalue weighted by atomic mass is 35.5. The molecule has 0 aromatic heterocycles. The first-order valence-electron chi connectivity index (χ1n) is 6.00. The molecule has 0 aliphatic rings. The van der Waals surface area contributed by atoms with Crippen molar-refractivity contribution in [3.8, 4) is 0 Å². The number of amides is 2. The second kappa shape index (κ2) is 6.99. The first kappa shape index (κ1) is 15.3.